The summed E-state index contributed by atoms with van der Waals surface area (Å²) < 4.78 is 13.2. The highest BCUT2D eigenvalue weighted by Crippen LogP contribution is 2.17. The second-order valence-electron chi connectivity index (χ2n) is 5.82. The minimum Gasteiger partial charge on any atom is -0.310 e. The molecule has 0 saturated carbocycles. The smallest absolute Gasteiger partial charge is 0.141 e. The first-order chi connectivity index (χ1) is 10.2. The Morgan fingerprint density at radius 1 is 1.05 bits per heavy atom. The van der Waals surface area contributed by atoms with E-state index in [9.17, 15) is 4.39 Å². The molecule has 21 heavy (non-hydrogen) atoms. The summed E-state index contributed by atoms with van der Waals surface area (Å²) in [6.45, 7) is 5.24. The highest BCUT2D eigenvalue weighted by Gasteiger charge is 2.08. The number of rotatable bonds is 11. The van der Waals surface area contributed by atoms with E-state index in [2.05, 4.69) is 19.2 Å². The molecule has 0 bridgehead atoms. The molecule has 1 aromatic rings. The molecule has 1 aromatic carbocycles. The predicted octanol–water partition coefficient (Wildman–Crippen LogP) is 6.10. The van der Waals surface area contributed by atoms with Crippen LogP contribution in [0.4, 0.5) is 4.39 Å². The van der Waals surface area contributed by atoms with Crippen molar-refractivity contribution in [1.29, 1.82) is 0 Å². The average molecular weight is 314 g/mol. The fraction of sp³-hybridized carbons (Fsp3) is 0.667. The molecule has 0 aliphatic rings. The summed E-state index contributed by atoms with van der Waals surface area (Å²) in [5.41, 5.74) is 1.05. The molecule has 0 unspecified atom stereocenters. The van der Waals surface area contributed by atoms with Gasteiger partial charge in [-0.2, -0.15) is 0 Å². The normalized spacial score (nSPS) is 11.3. The van der Waals surface area contributed by atoms with Gasteiger partial charge in [-0.1, -0.05) is 70.0 Å². The molecule has 1 N–H and O–H groups in total. The highest BCUT2D eigenvalue weighted by atomic mass is 35.5. The molecule has 0 spiro atoms. The molecule has 3 heteroatoms. The Bertz CT molecular complexity index is 385. The Morgan fingerprint density at radius 3 is 2.19 bits per heavy atom. The van der Waals surface area contributed by atoms with Gasteiger partial charge in [0.05, 0.1) is 5.02 Å². The van der Waals surface area contributed by atoms with E-state index in [-0.39, 0.29) is 10.8 Å². The van der Waals surface area contributed by atoms with E-state index in [1.54, 1.807) is 6.07 Å². The van der Waals surface area contributed by atoms with Gasteiger partial charge in [0, 0.05) is 12.6 Å². The van der Waals surface area contributed by atoms with E-state index in [1.165, 1.54) is 57.4 Å². The van der Waals surface area contributed by atoms with Crippen molar-refractivity contribution in [2.75, 3.05) is 0 Å². The van der Waals surface area contributed by atoms with Crippen LogP contribution in [-0.4, -0.2) is 6.04 Å². The van der Waals surface area contributed by atoms with Crippen LogP contribution in [0.5, 0.6) is 0 Å². The summed E-state index contributed by atoms with van der Waals surface area (Å²) in [7, 11) is 0. The third kappa shape index (κ3) is 7.82. The van der Waals surface area contributed by atoms with Gasteiger partial charge in [-0.3, -0.25) is 0 Å². The summed E-state index contributed by atoms with van der Waals surface area (Å²) >= 11 is 5.83. The monoisotopic (exact) mass is 313 g/mol. The Morgan fingerprint density at radius 2 is 1.67 bits per heavy atom. The lowest BCUT2D eigenvalue weighted by atomic mass is 10.0. The molecule has 0 fully saturated rings. The fourth-order valence-corrected chi connectivity index (χ4v) is 2.74. The maximum absolute atomic E-state index is 13.2. The zero-order valence-electron chi connectivity index (χ0n) is 13.4. The summed E-state index contributed by atoms with van der Waals surface area (Å²) in [6.07, 6.45) is 10.1. The van der Waals surface area contributed by atoms with Crippen molar-refractivity contribution in [3.05, 3.63) is 34.6 Å². The minimum absolute atomic E-state index is 0.211. The van der Waals surface area contributed by atoms with Gasteiger partial charge in [0.25, 0.3) is 0 Å². The lowest BCUT2D eigenvalue weighted by molar-refractivity contribution is 0.417. The van der Waals surface area contributed by atoms with Crippen molar-refractivity contribution in [3.8, 4) is 0 Å². The van der Waals surface area contributed by atoms with Gasteiger partial charge in [-0.25, -0.2) is 4.39 Å². The van der Waals surface area contributed by atoms with Crippen molar-refractivity contribution in [2.24, 2.45) is 0 Å². The lowest BCUT2D eigenvalue weighted by Crippen LogP contribution is -2.28. The third-order valence-corrected chi connectivity index (χ3v) is 4.18. The van der Waals surface area contributed by atoms with E-state index in [4.69, 9.17) is 11.6 Å². The van der Waals surface area contributed by atoms with Gasteiger partial charge in [0.1, 0.15) is 5.82 Å². The average Bonchev–Trinajstić information content (AvgIpc) is 2.48. The molecule has 1 nitrogen and oxygen atoms in total. The van der Waals surface area contributed by atoms with Crippen molar-refractivity contribution in [2.45, 2.75) is 77.8 Å². The van der Waals surface area contributed by atoms with Crippen LogP contribution >= 0.6 is 11.6 Å². The maximum atomic E-state index is 13.2. The molecule has 0 saturated heterocycles. The van der Waals surface area contributed by atoms with E-state index < -0.39 is 0 Å². The molecule has 0 aromatic heterocycles. The van der Waals surface area contributed by atoms with Crippen molar-refractivity contribution in [3.63, 3.8) is 0 Å². The summed E-state index contributed by atoms with van der Waals surface area (Å²) in [4.78, 5) is 0. The Kier molecular flexibility index (Phi) is 9.69. The van der Waals surface area contributed by atoms with Gasteiger partial charge in [0.2, 0.25) is 0 Å². The van der Waals surface area contributed by atoms with Crippen LogP contribution in [0.3, 0.4) is 0 Å². The lowest BCUT2D eigenvalue weighted by Gasteiger charge is -2.19. The number of unbranched alkanes of at least 4 members (excludes halogenated alkanes) is 4. The SMILES string of the molecule is CCCCCC(CCCCC)NCc1ccc(F)c(Cl)c1. The minimum atomic E-state index is -0.345. The first-order valence-corrected chi connectivity index (χ1v) is 8.72. The van der Waals surface area contributed by atoms with Crippen LogP contribution in [0, 0.1) is 5.82 Å². The molecule has 0 atom stereocenters. The van der Waals surface area contributed by atoms with Crippen molar-refractivity contribution in [1.82, 2.24) is 5.32 Å². The van der Waals surface area contributed by atoms with E-state index in [0.717, 1.165) is 12.1 Å². The standard InChI is InChI=1S/C18H29ClFN/c1-3-5-7-9-16(10-8-6-4-2)21-14-15-11-12-18(20)17(19)13-15/h11-13,16,21H,3-10,14H2,1-2H3. The molecule has 0 aliphatic carbocycles. The second kappa shape index (κ2) is 11.0. The molecule has 0 aliphatic heterocycles. The number of hydrogen-bond acceptors (Lipinski definition) is 1. The van der Waals surface area contributed by atoms with Crippen LogP contribution < -0.4 is 5.32 Å². The van der Waals surface area contributed by atoms with Crippen LogP contribution in [0.1, 0.15) is 70.8 Å². The number of nitrogens with one attached hydrogen (secondary N) is 1. The topological polar surface area (TPSA) is 12.0 Å². The van der Waals surface area contributed by atoms with Gasteiger partial charge >= 0.3 is 0 Å². The zero-order valence-corrected chi connectivity index (χ0v) is 14.2. The quantitative estimate of drug-likeness (QED) is 0.487. The molecule has 1 rings (SSSR count). The summed E-state index contributed by atoms with van der Waals surface area (Å²) in [5.74, 6) is -0.345. The first kappa shape index (κ1) is 18.4. The molecular weight excluding hydrogens is 285 g/mol. The van der Waals surface area contributed by atoms with Crippen LogP contribution in [0.25, 0.3) is 0 Å². The number of halogens is 2. The van der Waals surface area contributed by atoms with Gasteiger partial charge in [-0.05, 0) is 30.5 Å². The Hall–Kier alpha value is -0.600. The molecule has 120 valence electrons. The Labute approximate surface area is 134 Å². The van der Waals surface area contributed by atoms with E-state index in [1.807, 2.05) is 6.07 Å². The summed E-state index contributed by atoms with van der Waals surface area (Å²) in [5, 5.41) is 3.83. The van der Waals surface area contributed by atoms with Gasteiger partial charge < -0.3 is 5.32 Å². The number of hydrogen-bond donors (Lipinski definition) is 1. The van der Waals surface area contributed by atoms with Crippen molar-refractivity contribution >= 4 is 11.6 Å². The Balaban J connectivity index is 2.43. The third-order valence-electron chi connectivity index (χ3n) is 3.89. The number of benzene rings is 1. The van der Waals surface area contributed by atoms with Crippen molar-refractivity contribution < 1.29 is 4.39 Å². The molecule has 0 amide bonds. The van der Waals surface area contributed by atoms with Gasteiger partial charge in [0.15, 0.2) is 0 Å². The van der Waals surface area contributed by atoms with Gasteiger partial charge in [-0.15, -0.1) is 0 Å². The van der Waals surface area contributed by atoms with E-state index >= 15 is 0 Å². The largest absolute Gasteiger partial charge is 0.310 e. The van der Waals surface area contributed by atoms with E-state index in [0.29, 0.717) is 6.04 Å². The fourth-order valence-electron chi connectivity index (χ4n) is 2.54. The van der Waals surface area contributed by atoms with Crippen LogP contribution in [-0.2, 0) is 6.54 Å². The first-order valence-electron chi connectivity index (χ1n) is 8.34. The van der Waals surface area contributed by atoms with Crippen LogP contribution in [0.2, 0.25) is 5.02 Å². The van der Waals surface area contributed by atoms with Crippen LogP contribution in [0.15, 0.2) is 18.2 Å². The maximum Gasteiger partial charge on any atom is 0.141 e. The predicted molar refractivity (Wildman–Crippen MR) is 90.3 cm³/mol. The molecule has 0 radical (unpaired) electrons. The zero-order chi connectivity index (χ0) is 15.5. The second-order valence-corrected chi connectivity index (χ2v) is 6.23. The highest BCUT2D eigenvalue weighted by molar-refractivity contribution is 6.30. The molecular formula is C18H29ClFN. The summed E-state index contributed by atoms with van der Waals surface area (Å²) in [6, 6.07) is 5.54. The molecule has 0 heterocycles.